The molecule has 0 bridgehead atoms. The number of rotatable bonds is 4. The minimum Gasteiger partial charge on any atom is -0.302 e. The second kappa shape index (κ2) is 6.03. The van der Waals surface area contributed by atoms with E-state index in [2.05, 4.69) is 5.32 Å². The monoisotopic (exact) mass is 235 g/mol. The smallest absolute Gasteiger partial charge is 0.302 e. The molecule has 1 aliphatic rings. The summed E-state index contributed by atoms with van der Waals surface area (Å²) in [6.07, 6.45) is 2.28. The van der Waals surface area contributed by atoms with Crippen LogP contribution in [-0.4, -0.2) is 25.0 Å². The van der Waals surface area contributed by atoms with Crippen LogP contribution in [0.25, 0.3) is 0 Å². The summed E-state index contributed by atoms with van der Waals surface area (Å²) < 4.78 is 35.5. The molecule has 1 N–H and O–H groups in total. The molecule has 92 valence electrons. The summed E-state index contributed by atoms with van der Waals surface area (Å²) in [5.74, 6) is -0.203. The summed E-state index contributed by atoms with van der Waals surface area (Å²) in [4.78, 5) is 11.5. The van der Waals surface area contributed by atoms with Crippen LogP contribution in [-0.2, 0) is 4.79 Å². The van der Waals surface area contributed by atoms with Crippen LogP contribution in [0, 0.1) is 0 Å². The Morgan fingerprint density at radius 3 is 2.75 bits per heavy atom. The van der Waals surface area contributed by atoms with Gasteiger partial charge in [0.25, 0.3) is 0 Å². The van der Waals surface area contributed by atoms with Crippen molar-refractivity contribution in [1.82, 2.24) is 5.32 Å². The average molecular weight is 235 g/mol. The van der Waals surface area contributed by atoms with Crippen molar-refractivity contribution in [3.8, 4) is 0 Å². The predicted molar refractivity (Wildman–Crippen MR) is 55.1 cm³/mol. The average Bonchev–Trinajstić information content (AvgIpc) is 2.43. The maximum absolute atomic E-state index is 11.8. The SMILES string of the molecule is O=C(CNCC(F)(F)F)C1=CCCCCC1. The summed E-state index contributed by atoms with van der Waals surface area (Å²) in [5, 5.41) is 2.13. The molecule has 1 aliphatic carbocycles. The summed E-state index contributed by atoms with van der Waals surface area (Å²) >= 11 is 0. The zero-order valence-electron chi connectivity index (χ0n) is 9.07. The van der Waals surface area contributed by atoms with E-state index >= 15 is 0 Å². The predicted octanol–water partition coefficient (Wildman–Crippen LogP) is 2.60. The molecule has 0 aromatic rings. The van der Waals surface area contributed by atoms with E-state index in [1.165, 1.54) is 0 Å². The van der Waals surface area contributed by atoms with Crippen molar-refractivity contribution in [2.24, 2.45) is 0 Å². The molecule has 0 unspecified atom stereocenters. The van der Waals surface area contributed by atoms with E-state index in [1.54, 1.807) is 0 Å². The molecule has 0 aromatic heterocycles. The molecule has 0 heterocycles. The maximum Gasteiger partial charge on any atom is 0.401 e. The minimum absolute atomic E-state index is 0.203. The second-order valence-corrected chi connectivity index (χ2v) is 3.97. The van der Waals surface area contributed by atoms with Crippen molar-refractivity contribution >= 4 is 5.78 Å². The third kappa shape index (κ3) is 5.30. The number of halogens is 3. The fourth-order valence-corrected chi connectivity index (χ4v) is 1.70. The molecule has 0 spiro atoms. The summed E-state index contributed by atoms with van der Waals surface area (Å²) in [6, 6.07) is 0. The number of allylic oxidation sites excluding steroid dienone is 1. The zero-order valence-corrected chi connectivity index (χ0v) is 9.07. The van der Waals surface area contributed by atoms with Gasteiger partial charge >= 0.3 is 6.18 Å². The second-order valence-electron chi connectivity index (χ2n) is 3.97. The molecule has 0 aliphatic heterocycles. The van der Waals surface area contributed by atoms with Crippen LogP contribution in [0.3, 0.4) is 0 Å². The van der Waals surface area contributed by atoms with Gasteiger partial charge in [-0.05, 0) is 31.3 Å². The third-order valence-corrected chi connectivity index (χ3v) is 2.51. The van der Waals surface area contributed by atoms with E-state index in [0.717, 1.165) is 25.7 Å². The van der Waals surface area contributed by atoms with Gasteiger partial charge in [-0.15, -0.1) is 0 Å². The number of hydrogen-bond acceptors (Lipinski definition) is 2. The van der Waals surface area contributed by atoms with Crippen molar-refractivity contribution in [3.05, 3.63) is 11.6 Å². The van der Waals surface area contributed by atoms with E-state index < -0.39 is 12.7 Å². The number of nitrogens with one attached hydrogen (secondary N) is 1. The molecule has 0 radical (unpaired) electrons. The Morgan fingerprint density at radius 2 is 2.06 bits per heavy atom. The van der Waals surface area contributed by atoms with Crippen LogP contribution < -0.4 is 5.32 Å². The first-order valence-corrected chi connectivity index (χ1v) is 5.49. The topological polar surface area (TPSA) is 29.1 Å². The molecular formula is C11H16F3NO. The van der Waals surface area contributed by atoms with Gasteiger partial charge in [0.05, 0.1) is 13.1 Å². The van der Waals surface area contributed by atoms with E-state index in [9.17, 15) is 18.0 Å². The highest BCUT2D eigenvalue weighted by atomic mass is 19.4. The molecule has 0 fully saturated rings. The Hall–Kier alpha value is -0.840. The number of hydrogen-bond donors (Lipinski definition) is 1. The maximum atomic E-state index is 11.8. The van der Waals surface area contributed by atoms with E-state index in [0.29, 0.717) is 12.0 Å². The first kappa shape index (κ1) is 13.2. The molecule has 16 heavy (non-hydrogen) atoms. The number of carbonyl (C=O) groups excluding carboxylic acids is 1. The van der Waals surface area contributed by atoms with Gasteiger partial charge in [0, 0.05) is 0 Å². The molecular weight excluding hydrogens is 219 g/mol. The largest absolute Gasteiger partial charge is 0.401 e. The van der Waals surface area contributed by atoms with Crippen LogP contribution in [0.1, 0.15) is 32.1 Å². The third-order valence-electron chi connectivity index (χ3n) is 2.51. The Balaban J connectivity index is 2.31. The molecule has 2 nitrogen and oxygen atoms in total. The van der Waals surface area contributed by atoms with Gasteiger partial charge in [-0.1, -0.05) is 12.5 Å². The van der Waals surface area contributed by atoms with Gasteiger partial charge in [0.15, 0.2) is 5.78 Å². The van der Waals surface area contributed by atoms with Crippen LogP contribution in [0.15, 0.2) is 11.6 Å². The van der Waals surface area contributed by atoms with Crippen molar-refractivity contribution < 1.29 is 18.0 Å². The highest BCUT2D eigenvalue weighted by Gasteiger charge is 2.26. The molecule has 0 amide bonds. The van der Waals surface area contributed by atoms with Crippen molar-refractivity contribution in [3.63, 3.8) is 0 Å². The highest BCUT2D eigenvalue weighted by Crippen LogP contribution is 2.17. The number of alkyl halides is 3. The number of ketones is 1. The van der Waals surface area contributed by atoms with E-state index in [1.807, 2.05) is 6.08 Å². The molecule has 5 heteroatoms. The Morgan fingerprint density at radius 1 is 1.31 bits per heavy atom. The lowest BCUT2D eigenvalue weighted by atomic mass is 10.1. The molecule has 0 aromatic carbocycles. The van der Waals surface area contributed by atoms with Crippen LogP contribution in [0.5, 0.6) is 0 Å². The fourth-order valence-electron chi connectivity index (χ4n) is 1.70. The lowest BCUT2D eigenvalue weighted by Gasteiger charge is -2.08. The normalized spacial score (nSPS) is 17.8. The highest BCUT2D eigenvalue weighted by molar-refractivity contribution is 5.96. The summed E-state index contributed by atoms with van der Waals surface area (Å²) in [7, 11) is 0. The standard InChI is InChI=1S/C11H16F3NO/c12-11(13,14)8-15-7-10(16)9-5-3-1-2-4-6-9/h5,15H,1-4,6-8H2. The van der Waals surface area contributed by atoms with Gasteiger partial charge in [-0.25, -0.2) is 0 Å². The first-order chi connectivity index (χ1) is 7.49. The van der Waals surface area contributed by atoms with Gasteiger partial charge < -0.3 is 5.32 Å². The Bertz CT molecular complexity index is 271. The Labute approximate surface area is 92.9 Å². The number of carbonyl (C=O) groups is 1. The van der Waals surface area contributed by atoms with Crippen LogP contribution in [0.4, 0.5) is 13.2 Å². The molecule has 1 rings (SSSR count). The summed E-state index contributed by atoms with van der Waals surface area (Å²) in [6.45, 7) is -1.32. The van der Waals surface area contributed by atoms with Gasteiger partial charge in [-0.2, -0.15) is 13.2 Å². The zero-order chi connectivity index (χ0) is 12.0. The van der Waals surface area contributed by atoms with Gasteiger partial charge in [-0.3, -0.25) is 4.79 Å². The quantitative estimate of drug-likeness (QED) is 0.811. The number of Topliss-reactive ketones (excluding diaryl/α,β-unsaturated/α-hetero) is 1. The lowest BCUT2D eigenvalue weighted by molar-refractivity contribution is -0.126. The van der Waals surface area contributed by atoms with E-state index in [-0.39, 0.29) is 12.3 Å². The van der Waals surface area contributed by atoms with Crippen molar-refractivity contribution in [2.45, 2.75) is 38.3 Å². The van der Waals surface area contributed by atoms with Gasteiger partial charge in [0.2, 0.25) is 0 Å². The fraction of sp³-hybridized carbons (Fsp3) is 0.727. The van der Waals surface area contributed by atoms with Crippen LogP contribution >= 0.6 is 0 Å². The summed E-state index contributed by atoms with van der Waals surface area (Å²) in [5.41, 5.74) is 0.687. The van der Waals surface area contributed by atoms with Crippen LogP contribution in [0.2, 0.25) is 0 Å². The van der Waals surface area contributed by atoms with Gasteiger partial charge in [0.1, 0.15) is 0 Å². The van der Waals surface area contributed by atoms with Crippen molar-refractivity contribution in [1.29, 1.82) is 0 Å². The minimum atomic E-state index is -4.25. The Kier molecular flexibility index (Phi) is 4.99. The molecule has 0 saturated carbocycles. The molecule has 0 saturated heterocycles. The molecule has 0 atom stereocenters. The van der Waals surface area contributed by atoms with E-state index in [4.69, 9.17) is 0 Å². The first-order valence-electron chi connectivity index (χ1n) is 5.49. The lowest BCUT2D eigenvalue weighted by Crippen LogP contribution is -2.33. The van der Waals surface area contributed by atoms with Crippen molar-refractivity contribution in [2.75, 3.05) is 13.1 Å².